The molecule has 166 valence electrons. The summed E-state index contributed by atoms with van der Waals surface area (Å²) in [4.78, 5) is 24.7. The molecule has 0 spiro atoms. The lowest BCUT2D eigenvalue weighted by molar-refractivity contribution is -0.161. The van der Waals surface area contributed by atoms with Crippen LogP contribution in [0.25, 0.3) is 0 Å². The Kier molecular flexibility index (Phi) is 4.73. The quantitative estimate of drug-likeness (QED) is 0.532. The molecular formula is C26H38O4. The minimum Gasteiger partial charge on any atom is -0.465 e. The molecule has 0 radical (unpaired) electrons. The van der Waals surface area contributed by atoms with E-state index in [0.717, 1.165) is 35.5 Å². The number of hydrogen-bond donors (Lipinski definition) is 0. The van der Waals surface area contributed by atoms with Crippen LogP contribution in [0.4, 0.5) is 0 Å². The van der Waals surface area contributed by atoms with Crippen LogP contribution in [0.3, 0.4) is 0 Å². The standard InChI is InChI=1S/C26H38O4/c27-23(29-15-25-9-17-3-18(10-25)5-19(4-17)11-25)1-2-24(28)30-16-26-12-20-6-21(13-26)8-22(7-20)14-26/h17-22H,1-16H2. The van der Waals surface area contributed by atoms with E-state index in [1.165, 1.54) is 77.0 Å². The summed E-state index contributed by atoms with van der Waals surface area (Å²) in [5.41, 5.74) is 0.507. The topological polar surface area (TPSA) is 52.6 Å². The van der Waals surface area contributed by atoms with E-state index in [1.54, 1.807) is 0 Å². The molecule has 8 rings (SSSR count). The normalized spacial score (nSPS) is 47.5. The maximum atomic E-state index is 12.3. The Morgan fingerprint density at radius 3 is 1.07 bits per heavy atom. The first-order valence-electron chi connectivity index (χ1n) is 12.8. The Labute approximate surface area is 180 Å². The van der Waals surface area contributed by atoms with Crippen molar-refractivity contribution in [2.75, 3.05) is 13.2 Å². The zero-order valence-corrected chi connectivity index (χ0v) is 18.4. The molecule has 0 aliphatic heterocycles. The molecule has 8 saturated carbocycles. The average Bonchev–Trinajstić information content (AvgIpc) is 2.67. The second-order valence-electron chi connectivity index (χ2n) is 12.7. The maximum absolute atomic E-state index is 12.3. The summed E-state index contributed by atoms with van der Waals surface area (Å²) in [5.74, 6) is 4.80. The van der Waals surface area contributed by atoms with Gasteiger partial charge in [-0.15, -0.1) is 0 Å². The van der Waals surface area contributed by atoms with E-state index in [1.807, 2.05) is 0 Å². The van der Waals surface area contributed by atoms with Gasteiger partial charge in [-0.3, -0.25) is 9.59 Å². The second kappa shape index (κ2) is 7.24. The summed E-state index contributed by atoms with van der Waals surface area (Å²) in [5, 5.41) is 0. The van der Waals surface area contributed by atoms with E-state index >= 15 is 0 Å². The van der Waals surface area contributed by atoms with Crippen LogP contribution in [0.1, 0.15) is 89.9 Å². The molecule has 0 unspecified atom stereocenters. The molecule has 0 amide bonds. The van der Waals surface area contributed by atoms with Crippen LogP contribution in [-0.2, 0) is 19.1 Å². The second-order valence-corrected chi connectivity index (χ2v) is 12.7. The molecule has 0 aromatic carbocycles. The third-order valence-corrected chi connectivity index (χ3v) is 9.94. The summed E-state index contributed by atoms with van der Waals surface area (Å²) in [6.45, 7) is 1.16. The van der Waals surface area contributed by atoms with Crippen LogP contribution in [0.2, 0.25) is 0 Å². The largest absolute Gasteiger partial charge is 0.465 e. The highest BCUT2D eigenvalue weighted by atomic mass is 16.5. The van der Waals surface area contributed by atoms with E-state index in [2.05, 4.69) is 0 Å². The van der Waals surface area contributed by atoms with Gasteiger partial charge in [0.05, 0.1) is 26.1 Å². The van der Waals surface area contributed by atoms with Crippen LogP contribution in [0.5, 0.6) is 0 Å². The van der Waals surface area contributed by atoms with Gasteiger partial charge in [0.2, 0.25) is 0 Å². The highest BCUT2D eigenvalue weighted by Gasteiger charge is 2.52. The molecule has 8 bridgehead atoms. The number of rotatable bonds is 7. The lowest BCUT2D eigenvalue weighted by Gasteiger charge is -2.56. The zero-order chi connectivity index (χ0) is 20.3. The fourth-order valence-corrected chi connectivity index (χ4v) is 9.75. The average molecular weight is 415 g/mol. The summed E-state index contributed by atoms with van der Waals surface area (Å²) in [6.07, 6.45) is 16.3. The van der Waals surface area contributed by atoms with Crippen LogP contribution >= 0.6 is 0 Å². The van der Waals surface area contributed by atoms with Gasteiger partial charge in [0, 0.05) is 10.8 Å². The van der Waals surface area contributed by atoms with Gasteiger partial charge in [-0.25, -0.2) is 0 Å². The molecule has 8 aliphatic rings. The van der Waals surface area contributed by atoms with Crippen molar-refractivity contribution in [2.24, 2.45) is 46.3 Å². The summed E-state index contributed by atoms with van der Waals surface area (Å²) in [6, 6.07) is 0. The van der Waals surface area contributed by atoms with Crippen molar-refractivity contribution >= 4 is 11.9 Å². The predicted molar refractivity (Wildman–Crippen MR) is 112 cm³/mol. The number of carbonyl (C=O) groups is 2. The number of esters is 2. The highest BCUT2D eigenvalue weighted by Crippen LogP contribution is 2.61. The SMILES string of the molecule is O=C(CCC(=O)OCC12CC3CC(CC(C3)C1)C2)OCC12CC3CC(CC(C3)C1)C2. The zero-order valence-electron chi connectivity index (χ0n) is 18.4. The van der Waals surface area contributed by atoms with Gasteiger partial charge in [-0.2, -0.15) is 0 Å². The molecule has 8 aliphatic carbocycles. The van der Waals surface area contributed by atoms with Gasteiger partial charge in [0.1, 0.15) is 0 Å². The van der Waals surface area contributed by atoms with Gasteiger partial charge in [0.15, 0.2) is 0 Å². The van der Waals surface area contributed by atoms with Crippen molar-refractivity contribution in [3.8, 4) is 0 Å². The first-order valence-corrected chi connectivity index (χ1v) is 12.8. The Morgan fingerprint density at radius 1 is 0.533 bits per heavy atom. The molecular weight excluding hydrogens is 376 g/mol. The molecule has 0 aromatic rings. The van der Waals surface area contributed by atoms with Gasteiger partial charge in [-0.1, -0.05) is 0 Å². The first kappa shape index (κ1) is 19.6. The van der Waals surface area contributed by atoms with Crippen molar-refractivity contribution < 1.29 is 19.1 Å². The molecule has 30 heavy (non-hydrogen) atoms. The van der Waals surface area contributed by atoms with E-state index in [9.17, 15) is 9.59 Å². The smallest absolute Gasteiger partial charge is 0.306 e. The van der Waals surface area contributed by atoms with Crippen molar-refractivity contribution in [1.29, 1.82) is 0 Å². The van der Waals surface area contributed by atoms with E-state index in [-0.39, 0.29) is 35.6 Å². The minimum atomic E-state index is -0.211. The Bertz CT molecular complexity index is 579. The fourth-order valence-electron chi connectivity index (χ4n) is 9.75. The third kappa shape index (κ3) is 3.71. The first-order chi connectivity index (χ1) is 14.5. The molecule has 0 aromatic heterocycles. The van der Waals surface area contributed by atoms with Crippen LogP contribution in [0, 0.1) is 46.3 Å². The monoisotopic (exact) mass is 414 g/mol. The van der Waals surface area contributed by atoms with Gasteiger partial charge >= 0.3 is 11.9 Å². The predicted octanol–water partition coefficient (Wildman–Crippen LogP) is 5.29. The van der Waals surface area contributed by atoms with Crippen molar-refractivity contribution in [2.45, 2.75) is 89.9 Å². The van der Waals surface area contributed by atoms with E-state index < -0.39 is 0 Å². The molecule has 8 fully saturated rings. The molecule has 0 atom stereocenters. The van der Waals surface area contributed by atoms with Crippen molar-refractivity contribution in [3.63, 3.8) is 0 Å². The third-order valence-electron chi connectivity index (χ3n) is 9.94. The Hall–Kier alpha value is -1.06. The van der Waals surface area contributed by atoms with Gasteiger partial charge in [0.25, 0.3) is 0 Å². The Balaban J connectivity index is 0.938. The van der Waals surface area contributed by atoms with Crippen molar-refractivity contribution in [3.05, 3.63) is 0 Å². The lowest BCUT2D eigenvalue weighted by atomic mass is 9.50. The molecule has 0 heterocycles. The lowest BCUT2D eigenvalue weighted by Crippen LogP contribution is -2.48. The summed E-state index contributed by atoms with van der Waals surface area (Å²) < 4.78 is 11.4. The van der Waals surface area contributed by atoms with Crippen LogP contribution < -0.4 is 0 Å². The van der Waals surface area contributed by atoms with Gasteiger partial charge in [-0.05, 0) is 113 Å². The van der Waals surface area contributed by atoms with Crippen molar-refractivity contribution in [1.82, 2.24) is 0 Å². The highest BCUT2D eigenvalue weighted by molar-refractivity contribution is 5.77. The fraction of sp³-hybridized carbons (Fsp3) is 0.923. The number of hydrogen-bond acceptors (Lipinski definition) is 4. The van der Waals surface area contributed by atoms with Crippen LogP contribution in [-0.4, -0.2) is 25.2 Å². The van der Waals surface area contributed by atoms with E-state index in [0.29, 0.717) is 13.2 Å². The summed E-state index contributed by atoms with van der Waals surface area (Å²) >= 11 is 0. The molecule has 4 nitrogen and oxygen atoms in total. The Morgan fingerprint density at radius 2 is 0.800 bits per heavy atom. The molecule has 4 heteroatoms. The minimum absolute atomic E-state index is 0.173. The molecule has 0 saturated heterocycles. The van der Waals surface area contributed by atoms with E-state index in [4.69, 9.17) is 9.47 Å². The van der Waals surface area contributed by atoms with Crippen LogP contribution in [0.15, 0.2) is 0 Å². The number of ether oxygens (including phenoxy) is 2. The molecule has 0 N–H and O–H groups in total. The maximum Gasteiger partial charge on any atom is 0.306 e. The summed E-state index contributed by atoms with van der Waals surface area (Å²) in [7, 11) is 0. The number of carbonyl (C=O) groups excluding carboxylic acids is 2. The van der Waals surface area contributed by atoms with Gasteiger partial charge < -0.3 is 9.47 Å².